The van der Waals surface area contributed by atoms with E-state index in [9.17, 15) is 4.79 Å². The van der Waals surface area contributed by atoms with Gasteiger partial charge in [0.25, 0.3) is 5.91 Å². The number of hydrogen-bond donors (Lipinski definition) is 1. The van der Waals surface area contributed by atoms with Crippen molar-refractivity contribution < 1.29 is 4.79 Å². The van der Waals surface area contributed by atoms with Gasteiger partial charge in [-0.25, -0.2) is 0 Å². The van der Waals surface area contributed by atoms with Gasteiger partial charge in [0.1, 0.15) is 0 Å². The van der Waals surface area contributed by atoms with Gasteiger partial charge in [-0.1, -0.05) is 36.4 Å². The minimum atomic E-state index is 0. The van der Waals surface area contributed by atoms with Crippen LogP contribution in [0.15, 0.2) is 42.5 Å². The number of amides is 1. The molecule has 0 aromatic heterocycles. The maximum Gasteiger partial charge on any atom is 0.254 e. The fourth-order valence-corrected chi connectivity index (χ4v) is 2.55. The zero-order valence-electron chi connectivity index (χ0n) is 10.6. The summed E-state index contributed by atoms with van der Waals surface area (Å²) in [7, 11) is 0. The standard InChI is InChI=1S/C15H16N2O.ClH/c16-12-8-9-17(10-12)15(18)14-7-3-5-11-4-1-2-6-13(11)14;/h1-7,12H,8-10,16H2;1H/t12-;/m1./s1. The summed E-state index contributed by atoms with van der Waals surface area (Å²) < 4.78 is 0. The average molecular weight is 277 g/mol. The second-order valence-electron chi connectivity index (χ2n) is 4.83. The van der Waals surface area contributed by atoms with Gasteiger partial charge in [-0.2, -0.15) is 0 Å². The molecule has 100 valence electrons. The lowest BCUT2D eigenvalue weighted by atomic mass is 10.0. The van der Waals surface area contributed by atoms with Gasteiger partial charge in [0.05, 0.1) is 0 Å². The van der Waals surface area contributed by atoms with Crippen molar-refractivity contribution in [1.82, 2.24) is 4.90 Å². The lowest BCUT2D eigenvalue weighted by Crippen LogP contribution is -2.31. The molecule has 0 saturated carbocycles. The third kappa shape index (κ3) is 2.57. The Morgan fingerprint density at radius 2 is 1.89 bits per heavy atom. The van der Waals surface area contributed by atoms with E-state index in [1.54, 1.807) is 0 Å². The molecule has 3 nitrogen and oxygen atoms in total. The van der Waals surface area contributed by atoms with Crippen LogP contribution in [0.5, 0.6) is 0 Å². The van der Waals surface area contributed by atoms with Crippen LogP contribution in [0.3, 0.4) is 0 Å². The smallest absolute Gasteiger partial charge is 0.254 e. The van der Waals surface area contributed by atoms with E-state index < -0.39 is 0 Å². The van der Waals surface area contributed by atoms with Crippen LogP contribution in [0.4, 0.5) is 0 Å². The molecular formula is C15H17ClN2O. The van der Waals surface area contributed by atoms with E-state index in [4.69, 9.17) is 5.73 Å². The molecule has 1 amide bonds. The van der Waals surface area contributed by atoms with Crippen molar-refractivity contribution in [3.8, 4) is 0 Å². The second kappa shape index (κ2) is 5.59. The Balaban J connectivity index is 0.00000133. The third-order valence-electron chi connectivity index (χ3n) is 3.53. The molecule has 2 aromatic rings. The quantitative estimate of drug-likeness (QED) is 0.870. The molecule has 0 spiro atoms. The highest BCUT2D eigenvalue weighted by Crippen LogP contribution is 2.21. The molecule has 19 heavy (non-hydrogen) atoms. The summed E-state index contributed by atoms with van der Waals surface area (Å²) in [6.07, 6.45) is 0.899. The number of nitrogens with zero attached hydrogens (tertiary/aromatic N) is 1. The number of nitrogens with two attached hydrogens (primary N) is 1. The van der Waals surface area contributed by atoms with Gasteiger partial charge in [-0.15, -0.1) is 12.4 Å². The number of hydrogen-bond acceptors (Lipinski definition) is 2. The van der Waals surface area contributed by atoms with Crippen molar-refractivity contribution in [3.05, 3.63) is 48.0 Å². The maximum absolute atomic E-state index is 12.5. The zero-order valence-corrected chi connectivity index (χ0v) is 11.4. The van der Waals surface area contributed by atoms with Gasteiger partial charge in [-0.3, -0.25) is 4.79 Å². The van der Waals surface area contributed by atoms with Gasteiger partial charge in [0.2, 0.25) is 0 Å². The molecule has 1 aliphatic heterocycles. The number of likely N-dealkylation sites (tertiary alicyclic amines) is 1. The van der Waals surface area contributed by atoms with Crippen LogP contribution in [0.2, 0.25) is 0 Å². The first-order valence-corrected chi connectivity index (χ1v) is 6.28. The van der Waals surface area contributed by atoms with Gasteiger partial charge in [-0.05, 0) is 23.3 Å². The minimum absolute atomic E-state index is 0. The van der Waals surface area contributed by atoms with Gasteiger partial charge in [0.15, 0.2) is 0 Å². The second-order valence-corrected chi connectivity index (χ2v) is 4.83. The number of carbonyl (C=O) groups is 1. The van der Waals surface area contributed by atoms with E-state index in [2.05, 4.69) is 0 Å². The van der Waals surface area contributed by atoms with Crippen LogP contribution in [0, 0.1) is 0 Å². The van der Waals surface area contributed by atoms with E-state index >= 15 is 0 Å². The predicted molar refractivity (Wildman–Crippen MR) is 79.7 cm³/mol. The number of carbonyl (C=O) groups excluding carboxylic acids is 1. The van der Waals surface area contributed by atoms with E-state index in [0.29, 0.717) is 6.54 Å². The van der Waals surface area contributed by atoms with Gasteiger partial charge < -0.3 is 10.6 Å². The Morgan fingerprint density at radius 1 is 1.16 bits per heavy atom. The van der Waals surface area contributed by atoms with Crippen molar-refractivity contribution in [2.24, 2.45) is 5.73 Å². The number of halogens is 1. The van der Waals surface area contributed by atoms with Crippen LogP contribution < -0.4 is 5.73 Å². The summed E-state index contributed by atoms with van der Waals surface area (Å²) in [4.78, 5) is 14.3. The van der Waals surface area contributed by atoms with Crippen molar-refractivity contribution in [3.63, 3.8) is 0 Å². The molecule has 1 aliphatic rings. The molecule has 1 atom stereocenters. The molecule has 0 bridgehead atoms. The van der Waals surface area contributed by atoms with Gasteiger partial charge >= 0.3 is 0 Å². The molecule has 3 rings (SSSR count). The van der Waals surface area contributed by atoms with Crippen molar-refractivity contribution >= 4 is 29.1 Å². The molecule has 0 aliphatic carbocycles. The van der Waals surface area contributed by atoms with E-state index in [1.165, 1.54) is 0 Å². The van der Waals surface area contributed by atoms with Crippen LogP contribution in [0.25, 0.3) is 10.8 Å². The number of benzene rings is 2. The van der Waals surface area contributed by atoms with E-state index in [-0.39, 0.29) is 24.4 Å². The first-order valence-electron chi connectivity index (χ1n) is 6.28. The molecule has 1 saturated heterocycles. The van der Waals surface area contributed by atoms with Crippen LogP contribution in [-0.4, -0.2) is 29.9 Å². The van der Waals surface area contributed by atoms with Crippen molar-refractivity contribution in [1.29, 1.82) is 0 Å². The molecule has 2 aromatic carbocycles. The van der Waals surface area contributed by atoms with E-state index in [0.717, 1.165) is 29.3 Å². The molecule has 4 heteroatoms. The summed E-state index contributed by atoms with van der Waals surface area (Å²) in [5, 5.41) is 2.12. The largest absolute Gasteiger partial charge is 0.337 e. The minimum Gasteiger partial charge on any atom is -0.337 e. The fraction of sp³-hybridized carbons (Fsp3) is 0.267. The molecular weight excluding hydrogens is 260 g/mol. The van der Waals surface area contributed by atoms with Gasteiger partial charge in [0, 0.05) is 24.7 Å². The monoisotopic (exact) mass is 276 g/mol. The Hall–Kier alpha value is -1.58. The molecule has 2 N–H and O–H groups in total. The Morgan fingerprint density at radius 3 is 2.63 bits per heavy atom. The summed E-state index contributed by atoms with van der Waals surface area (Å²) >= 11 is 0. The fourth-order valence-electron chi connectivity index (χ4n) is 2.55. The third-order valence-corrected chi connectivity index (χ3v) is 3.53. The Bertz CT molecular complexity index is 594. The molecule has 0 radical (unpaired) electrons. The van der Waals surface area contributed by atoms with Crippen molar-refractivity contribution in [2.75, 3.05) is 13.1 Å². The summed E-state index contributed by atoms with van der Waals surface area (Å²) in [5.41, 5.74) is 6.64. The molecule has 1 fully saturated rings. The Labute approximate surface area is 118 Å². The Kier molecular flexibility index (Phi) is 4.08. The highest BCUT2D eigenvalue weighted by Gasteiger charge is 2.25. The maximum atomic E-state index is 12.5. The normalized spacial score (nSPS) is 18.4. The highest BCUT2D eigenvalue weighted by molar-refractivity contribution is 6.07. The number of rotatable bonds is 1. The first-order chi connectivity index (χ1) is 8.75. The van der Waals surface area contributed by atoms with Crippen LogP contribution >= 0.6 is 12.4 Å². The van der Waals surface area contributed by atoms with Crippen LogP contribution in [-0.2, 0) is 0 Å². The average Bonchev–Trinajstić information content (AvgIpc) is 2.84. The van der Waals surface area contributed by atoms with Crippen LogP contribution in [0.1, 0.15) is 16.8 Å². The topological polar surface area (TPSA) is 46.3 Å². The van der Waals surface area contributed by atoms with E-state index in [1.807, 2.05) is 47.4 Å². The first kappa shape index (κ1) is 13.8. The summed E-state index contributed by atoms with van der Waals surface area (Å²) in [5.74, 6) is 0.0970. The predicted octanol–water partition coefficient (Wildman–Crippen LogP) is 2.43. The van der Waals surface area contributed by atoms with Crippen molar-refractivity contribution in [2.45, 2.75) is 12.5 Å². The SMILES string of the molecule is Cl.N[C@@H]1CCN(C(=O)c2cccc3ccccc23)C1. The molecule has 1 heterocycles. The summed E-state index contributed by atoms with van der Waals surface area (Å²) in [6, 6.07) is 14.0. The lowest BCUT2D eigenvalue weighted by molar-refractivity contribution is 0.0793. The zero-order chi connectivity index (χ0) is 12.5. The highest BCUT2D eigenvalue weighted by atomic mass is 35.5. The summed E-state index contributed by atoms with van der Waals surface area (Å²) in [6.45, 7) is 1.44. The number of fused-ring (bicyclic) bond motifs is 1. The molecule has 0 unspecified atom stereocenters. The lowest BCUT2D eigenvalue weighted by Gasteiger charge is -2.17.